The fourth-order valence-corrected chi connectivity index (χ4v) is 4.68. The van der Waals surface area contributed by atoms with E-state index in [1.165, 1.54) is 0 Å². The van der Waals surface area contributed by atoms with E-state index in [2.05, 4.69) is 10.3 Å². The van der Waals surface area contributed by atoms with Gasteiger partial charge < -0.3 is 19.8 Å². The molecule has 1 amide bonds. The molecule has 5 rings (SSSR count). The number of hydrogen-bond acceptors (Lipinski definition) is 4. The van der Waals surface area contributed by atoms with Crippen molar-refractivity contribution >= 4 is 22.5 Å². The van der Waals surface area contributed by atoms with Crippen LogP contribution in [0.15, 0.2) is 41.2 Å². The summed E-state index contributed by atoms with van der Waals surface area (Å²) in [5, 5.41) is 3.92. The molecular weight excluding hydrogens is 392 g/mol. The molecule has 2 N–H and O–H groups in total. The van der Waals surface area contributed by atoms with Gasteiger partial charge in [0, 0.05) is 28.6 Å². The molecule has 2 heterocycles. The molecule has 0 atom stereocenters. The lowest BCUT2D eigenvalue weighted by Crippen LogP contribution is -2.25. The van der Waals surface area contributed by atoms with Crippen LogP contribution >= 0.6 is 0 Å². The van der Waals surface area contributed by atoms with Crippen molar-refractivity contribution in [3.8, 4) is 11.5 Å². The smallest absolute Gasteiger partial charge is 0.262 e. The van der Waals surface area contributed by atoms with Crippen LogP contribution in [0.3, 0.4) is 0 Å². The molecule has 0 fully saturated rings. The van der Waals surface area contributed by atoms with Crippen LogP contribution in [-0.2, 0) is 24.1 Å². The molecule has 6 nitrogen and oxygen atoms in total. The van der Waals surface area contributed by atoms with Crippen LogP contribution in [0.25, 0.3) is 10.9 Å². The van der Waals surface area contributed by atoms with Crippen molar-refractivity contribution in [3.05, 3.63) is 63.4 Å². The first kappa shape index (κ1) is 19.7. The molecular formula is C25H26N2O4. The highest BCUT2D eigenvalue weighted by molar-refractivity contribution is 5.95. The molecule has 1 aliphatic carbocycles. The number of para-hydroxylation sites is 1. The molecule has 0 saturated heterocycles. The van der Waals surface area contributed by atoms with Gasteiger partial charge in [-0.25, -0.2) is 0 Å². The Labute approximate surface area is 180 Å². The Balaban J connectivity index is 1.31. The highest BCUT2D eigenvalue weighted by Gasteiger charge is 2.32. The molecule has 160 valence electrons. The van der Waals surface area contributed by atoms with Crippen LogP contribution in [0.1, 0.15) is 43.4 Å². The lowest BCUT2D eigenvalue weighted by atomic mass is 9.90. The predicted molar refractivity (Wildman–Crippen MR) is 120 cm³/mol. The van der Waals surface area contributed by atoms with Gasteiger partial charge in [-0.2, -0.15) is 0 Å². The number of carbonyl (C=O) groups excluding carboxylic acids is 1. The van der Waals surface area contributed by atoms with Crippen LogP contribution < -0.4 is 20.3 Å². The zero-order valence-electron chi connectivity index (χ0n) is 17.8. The van der Waals surface area contributed by atoms with Gasteiger partial charge in [-0.3, -0.25) is 9.59 Å². The van der Waals surface area contributed by atoms with Crippen molar-refractivity contribution in [2.75, 3.05) is 11.9 Å². The summed E-state index contributed by atoms with van der Waals surface area (Å²) in [5.74, 6) is 1.02. The summed E-state index contributed by atoms with van der Waals surface area (Å²) in [7, 11) is 0. The summed E-state index contributed by atoms with van der Waals surface area (Å²) < 4.78 is 11.8. The van der Waals surface area contributed by atoms with E-state index in [1.54, 1.807) is 0 Å². The molecule has 31 heavy (non-hydrogen) atoms. The minimum Gasteiger partial charge on any atom is -0.483 e. The summed E-state index contributed by atoms with van der Waals surface area (Å²) in [4.78, 5) is 27.9. The second-order valence-corrected chi connectivity index (χ2v) is 9.00. The fourth-order valence-electron chi connectivity index (χ4n) is 4.68. The zero-order valence-corrected chi connectivity index (χ0v) is 17.8. The molecule has 1 aromatic heterocycles. The highest BCUT2D eigenvalue weighted by Crippen LogP contribution is 2.41. The largest absolute Gasteiger partial charge is 0.483 e. The zero-order chi connectivity index (χ0) is 21.6. The number of nitrogens with one attached hydrogen (secondary N) is 2. The average molecular weight is 418 g/mol. The number of carbonyl (C=O) groups is 1. The third-order valence-electron chi connectivity index (χ3n) is 6.03. The van der Waals surface area contributed by atoms with Crippen molar-refractivity contribution in [1.82, 2.24) is 4.98 Å². The van der Waals surface area contributed by atoms with E-state index >= 15 is 0 Å². The lowest BCUT2D eigenvalue weighted by Gasteiger charge is -2.18. The van der Waals surface area contributed by atoms with Crippen molar-refractivity contribution in [2.45, 2.75) is 51.6 Å². The number of fused-ring (bicyclic) bond motifs is 4. The summed E-state index contributed by atoms with van der Waals surface area (Å²) in [6, 6.07) is 11.4. The van der Waals surface area contributed by atoms with Gasteiger partial charge in [-0.1, -0.05) is 18.2 Å². The second-order valence-electron chi connectivity index (χ2n) is 9.00. The fraction of sp³-hybridized carbons (Fsp3) is 0.360. The monoisotopic (exact) mass is 418 g/mol. The quantitative estimate of drug-likeness (QED) is 0.667. The SMILES string of the molecule is CC1(C)Cc2cccc(OCC(=O)Nc3ccc4c5c(c(=O)[nH]c4c3)CCCC5)c2O1. The minimum atomic E-state index is -0.273. The average Bonchev–Trinajstić information content (AvgIpc) is 3.06. The van der Waals surface area contributed by atoms with Gasteiger partial charge in [0.05, 0.1) is 5.52 Å². The van der Waals surface area contributed by atoms with Crippen molar-refractivity contribution in [2.24, 2.45) is 0 Å². The van der Waals surface area contributed by atoms with Crippen molar-refractivity contribution in [1.29, 1.82) is 0 Å². The Kier molecular flexibility index (Phi) is 4.73. The van der Waals surface area contributed by atoms with Gasteiger partial charge in [0.2, 0.25) is 0 Å². The summed E-state index contributed by atoms with van der Waals surface area (Å²) >= 11 is 0. The highest BCUT2D eigenvalue weighted by atomic mass is 16.5. The first-order valence-electron chi connectivity index (χ1n) is 10.8. The van der Waals surface area contributed by atoms with Crippen LogP contribution in [-0.4, -0.2) is 23.1 Å². The summed E-state index contributed by atoms with van der Waals surface area (Å²) in [5.41, 5.74) is 4.23. The van der Waals surface area contributed by atoms with E-state index < -0.39 is 0 Å². The molecule has 0 bridgehead atoms. The number of anilines is 1. The van der Waals surface area contributed by atoms with E-state index in [9.17, 15) is 9.59 Å². The van der Waals surface area contributed by atoms with E-state index in [0.717, 1.165) is 59.7 Å². The topological polar surface area (TPSA) is 80.4 Å². The number of rotatable bonds is 4. The first-order chi connectivity index (χ1) is 14.9. The molecule has 2 aliphatic rings. The van der Waals surface area contributed by atoms with E-state index in [1.807, 2.05) is 50.2 Å². The standard InChI is InChI=1S/C25H26N2O4/c1-25(2)13-15-6-5-9-21(23(15)31-25)30-14-22(28)26-16-10-11-18-17-7-3-4-8-19(17)24(29)27-20(18)12-16/h5-6,9-12H,3-4,7-8,13-14H2,1-2H3,(H,26,28)(H,27,29). The van der Waals surface area contributed by atoms with E-state index in [0.29, 0.717) is 17.2 Å². The van der Waals surface area contributed by atoms with Crippen molar-refractivity contribution < 1.29 is 14.3 Å². The molecule has 3 aromatic rings. The Bertz CT molecular complexity index is 1240. The number of hydrogen-bond donors (Lipinski definition) is 2. The van der Waals surface area contributed by atoms with Crippen LogP contribution in [0.5, 0.6) is 11.5 Å². The molecule has 0 saturated carbocycles. The van der Waals surface area contributed by atoms with Gasteiger partial charge in [0.1, 0.15) is 5.60 Å². The normalized spacial score (nSPS) is 16.3. The van der Waals surface area contributed by atoms with Crippen LogP contribution in [0.2, 0.25) is 0 Å². The van der Waals surface area contributed by atoms with Gasteiger partial charge >= 0.3 is 0 Å². The van der Waals surface area contributed by atoms with Crippen molar-refractivity contribution in [3.63, 3.8) is 0 Å². The number of aryl methyl sites for hydroxylation is 1. The van der Waals surface area contributed by atoms with Gasteiger partial charge in [0.25, 0.3) is 11.5 Å². The maximum Gasteiger partial charge on any atom is 0.262 e. The Morgan fingerprint density at radius 2 is 1.97 bits per heavy atom. The molecule has 1 aliphatic heterocycles. The Morgan fingerprint density at radius 1 is 1.16 bits per heavy atom. The van der Waals surface area contributed by atoms with Gasteiger partial charge in [0.15, 0.2) is 18.1 Å². The lowest BCUT2D eigenvalue weighted by molar-refractivity contribution is -0.118. The molecule has 0 spiro atoms. The summed E-state index contributed by atoms with van der Waals surface area (Å²) in [6.45, 7) is 3.94. The third kappa shape index (κ3) is 3.78. The molecule has 0 radical (unpaired) electrons. The molecule has 6 heteroatoms. The number of amides is 1. The van der Waals surface area contributed by atoms with Gasteiger partial charge in [-0.05, 0) is 63.3 Å². The van der Waals surface area contributed by atoms with Crippen LogP contribution in [0, 0.1) is 0 Å². The Morgan fingerprint density at radius 3 is 2.81 bits per heavy atom. The maximum absolute atomic E-state index is 12.5. The van der Waals surface area contributed by atoms with E-state index in [-0.39, 0.29) is 23.7 Å². The number of aromatic amines is 1. The second kappa shape index (κ2) is 7.45. The third-order valence-corrected chi connectivity index (χ3v) is 6.03. The summed E-state index contributed by atoms with van der Waals surface area (Å²) in [6.07, 6.45) is 4.73. The number of pyridine rings is 1. The Hall–Kier alpha value is -3.28. The maximum atomic E-state index is 12.5. The number of H-pyrrole nitrogens is 1. The minimum absolute atomic E-state index is 0.0186. The number of aromatic nitrogens is 1. The first-order valence-corrected chi connectivity index (χ1v) is 10.8. The van der Waals surface area contributed by atoms with Crippen LogP contribution in [0.4, 0.5) is 5.69 Å². The predicted octanol–water partition coefficient (Wildman–Crippen LogP) is 4.14. The van der Waals surface area contributed by atoms with E-state index in [4.69, 9.17) is 9.47 Å². The molecule has 2 aromatic carbocycles. The number of ether oxygens (including phenoxy) is 2. The number of benzene rings is 2. The molecule has 0 unspecified atom stereocenters. The van der Waals surface area contributed by atoms with Gasteiger partial charge in [-0.15, -0.1) is 0 Å².